The number of aryl methyl sites for hydroxylation is 1. The van der Waals surface area contributed by atoms with E-state index in [1.54, 1.807) is 54.2 Å². The summed E-state index contributed by atoms with van der Waals surface area (Å²) in [6, 6.07) is 10.4. The molecule has 0 saturated carbocycles. The molecule has 5 nitrogen and oxygen atoms in total. The zero-order chi connectivity index (χ0) is 15.2. The van der Waals surface area contributed by atoms with Gasteiger partial charge in [-0.05, 0) is 24.3 Å². The molecule has 0 atom stereocenters. The van der Waals surface area contributed by atoms with Crippen LogP contribution < -0.4 is 10.6 Å². The molecule has 0 saturated heterocycles. The van der Waals surface area contributed by atoms with Crippen LogP contribution in [0.15, 0.2) is 42.6 Å². The van der Waals surface area contributed by atoms with E-state index in [-0.39, 0.29) is 11.8 Å². The molecule has 0 bridgehead atoms. The summed E-state index contributed by atoms with van der Waals surface area (Å²) in [7, 11) is 1.80. The molecule has 6 heteroatoms. The number of rotatable bonds is 5. The van der Waals surface area contributed by atoms with Crippen molar-refractivity contribution in [2.24, 2.45) is 7.05 Å². The van der Waals surface area contributed by atoms with Gasteiger partial charge >= 0.3 is 0 Å². The summed E-state index contributed by atoms with van der Waals surface area (Å²) in [5.74, 6) is -0.428. The van der Waals surface area contributed by atoms with Crippen LogP contribution in [-0.4, -0.2) is 29.5 Å². The topological polar surface area (TPSA) is 63.1 Å². The molecule has 0 radical (unpaired) electrons. The molecule has 0 fully saturated rings. The Bertz CT molecular complexity index is 652. The lowest BCUT2D eigenvalue weighted by molar-refractivity contribution is 0.0923. The zero-order valence-corrected chi connectivity index (χ0v) is 12.4. The van der Waals surface area contributed by atoms with Gasteiger partial charge in [0.15, 0.2) is 0 Å². The molecule has 2 rings (SSSR count). The van der Waals surface area contributed by atoms with Gasteiger partial charge in [0.25, 0.3) is 11.8 Å². The Morgan fingerprint density at radius 3 is 2.33 bits per heavy atom. The van der Waals surface area contributed by atoms with E-state index in [0.29, 0.717) is 29.4 Å². The lowest BCUT2D eigenvalue weighted by Crippen LogP contribution is -2.35. The monoisotopic (exact) mass is 305 g/mol. The van der Waals surface area contributed by atoms with E-state index in [9.17, 15) is 9.59 Å². The number of carbonyl (C=O) groups is 2. The van der Waals surface area contributed by atoms with Crippen LogP contribution in [0.4, 0.5) is 0 Å². The Labute approximate surface area is 127 Å². The van der Waals surface area contributed by atoms with Crippen molar-refractivity contribution in [2.75, 3.05) is 13.1 Å². The number of aromatic nitrogens is 1. The van der Waals surface area contributed by atoms with E-state index in [1.165, 1.54) is 0 Å². The van der Waals surface area contributed by atoms with Crippen LogP contribution >= 0.6 is 11.6 Å². The van der Waals surface area contributed by atoms with Gasteiger partial charge in [-0.25, -0.2) is 0 Å². The first-order valence-electron chi connectivity index (χ1n) is 6.52. The number of hydrogen-bond donors (Lipinski definition) is 2. The number of benzene rings is 1. The maximum Gasteiger partial charge on any atom is 0.267 e. The predicted octanol–water partition coefficient (Wildman–Crippen LogP) is 1.84. The number of nitrogens with one attached hydrogen (secondary N) is 2. The highest BCUT2D eigenvalue weighted by molar-refractivity contribution is 6.33. The van der Waals surface area contributed by atoms with Gasteiger partial charge in [-0.1, -0.05) is 23.7 Å². The fraction of sp³-hybridized carbons (Fsp3) is 0.200. The third-order valence-corrected chi connectivity index (χ3v) is 3.32. The van der Waals surface area contributed by atoms with E-state index in [4.69, 9.17) is 11.6 Å². The van der Waals surface area contributed by atoms with E-state index >= 15 is 0 Å². The van der Waals surface area contributed by atoms with Crippen molar-refractivity contribution in [3.63, 3.8) is 0 Å². The smallest absolute Gasteiger partial charge is 0.267 e. The SMILES string of the molecule is Cn1cccc1C(=O)NCCNC(=O)c1ccccc1Cl. The first-order valence-corrected chi connectivity index (χ1v) is 6.89. The van der Waals surface area contributed by atoms with Crippen LogP contribution in [0.5, 0.6) is 0 Å². The summed E-state index contributed by atoms with van der Waals surface area (Å²) in [5.41, 5.74) is 1.00. The number of nitrogens with zero attached hydrogens (tertiary/aromatic N) is 1. The Kier molecular flexibility index (Phi) is 5.00. The summed E-state index contributed by atoms with van der Waals surface area (Å²) in [4.78, 5) is 23.7. The maximum atomic E-state index is 11.9. The average Bonchev–Trinajstić information content (AvgIpc) is 2.90. The zero-order valence-electron chi connectivity index (χ0n) is 11.6. The third kappa shape index (κ3) is 3.86. The second kappa shape index (κ2) is 6.95. The highest BCUT2D eigenvalue weighted by atomic mass is 35.5. The minimum Gasteiger partial charge on any atom is -0.350 e. The first kappa shape index (κ1) is 15.1. The highest BCUT2D eigenvalue weighted by Crippen LogP contribution is 2.14. The van der Waals surface area contributed by atoms with Crippen LogP contribution in [0.25, 0.3) is 0 Å². The van der Waals surface area contributed by atoms with Crippen molar-refractivity contribution < 1.29 is 9.59 Å². The van der Waals surface area contributed by atoms with Gasteiger partial charge in [0, 0.05) is 26.3 Å². The lowest BCUT2D eigenvalue weighted by Gasteiger charge is -2.08. The van der Waals surface area contributed by atoms with Crippen molar-refractivity contribution in [2.45, 2.75) is 0 Å². The number of halogens is 1. The van der Waals surface area contributed by atoms with Gasteiger partial charge < -0.3 is 15.2 Å². The first-order chi connectivity index (χ1) is 10.1. The summed E-state index contributed by atoms with van der Waals surface area (Å²) in [6.45, 7) is 0.681. The molecule has 0 aliphatic carbocycles. The van der Waals surface area contributed by atoms with Crippen molar-refractivity contribution in [3.8, 4) is 0 Å². The fourth-order valence-electron chi connectivity index (χ4n) is 1.88. The molecule has 1 heterocycles. The molecule has 0 spiro atoms. The fourth-order valence-corrected chi connectivity index (χ4v) is 2.10. The van der Waals surface area contributed by atoms with Crippen LogP contribution in [0, 0.1) is 0 Å². The van der Waals surface area contributed by atoms with E-state index in [1.807, 2.05) is 0 Å². The summed E-state index contributed by atoms with van der Waals surface area (Å²) >= 11 is 5.93. The number of carbonyl (C=O) groups excluding carboxylic acids is 2. The molecule has 1 aromatic carbocycles. The van der Waals surface area contributed by atoms with E-state index in [0.717, 1.165) is 0 Å². The molecule has 0 unspecified atom stereocenters. The van der Waals surface area contributed by atoms with Gasteiger partial charge in [-0.2, -0.15) is 0 Å². The van der Waals surface area contributed by atoms with Crippen molar-refractivity contribution >= 4 is 23.4 Å². The summed E-state index contributed by atoms with van der Waals surface area (Å²) in [5, 5.41) is 5.86. The molecule has 1 aromatic heterocycles. The number of hydrogen-bond acceptors (Lipinski definition) is 2. The summed E-state index contributed by atoms with van der Waals surface area (Å²) in [6.07, 6.45) is 1.80. The predicted molar refractivity (Wildman–Crippen MR) is 81.5 cm³/mol. The van der Waals surface area contributed by atoms with Gasteiger partial charge in [0.2, 0.25) is 0 Å². The third-order valence-electron chi connectivity index (χ3n) is 2.99. The van der Waals surface area contributed by atoms with Crippen LogP contribution in [0.2, 0.25) is 5.02 Å². The van der Waals surface area contributed by atoms with Crippen LogP contribution in [0.1, 0.15) is 20.8 Å². The Hall–Kier alpha value is -2.27. The molecule has 110 valence electrons. The Morgan fingerprint density at radius 1 is 1.05 bits per heavy atom. The molecular formula is C15H16ClN3O2. The van der Waals surface area contributed by atoms with Gasteiger partial charge in [-0.15, -0.1) is 0 Å². The summed E-state index contributed by atoms with van der Waals surface area (Å²) < 4.78 is 1.73. The minimum atomic E-state index is -0.256. The average molecular weight is 306 g/mol. The standard InChI is InChI=1S/C15H16ClN3O2/c1-19-10-4-7-13(19)15(21)18-9-8-17-14(20)11-5-2-3-6-12(11)16/h2-7,10H,8-9H2,1H3,(H,17,20)(H,18,21). The highest BCUT2D eigenvalue weighted by Gasteiger charge is 2.10. The number of amides is 2. The maximum absolute atomic E-state index is 11.9. The van der Waals surface area contributed by atoms with Crippen LogP contribution in [-0.2, 0) is 7.05 Å². The molecule has 21 heavy (non-hydrogen) atoms. The molecule has 2 aromatic rings. The minimum absolute atomic E-state index is 0.172. The normalized spacial score (nSPS) is 10.2. The lowest BCUT2D eigenvalue weighted by atomic mass is 10.2. The Morgan fingerprint density at radius 2 is 1.71 bits per heavy atom. The van der Waals surface area contributed by atoms with Crippen molar-refractivity contribution in [3.05, 3.63) is 58.9 Å². The van der Waals surface area contributed by atoms with Gasteiger partial charge in [0.1, 0.15) is 5.69 Å². The van der Waals surface area contributed by atoms with Gasteiger partial charge in [-0.3, -0.25) is 9.59 Å². The molecule has 2 N–H and O–H groups in total. The van der Waals surface area contributed by atoms with Gasteiger partial charge in [0.05, 0.1) is 10.6 Å². The largest absolute Gasteiger partial charge is 0.350 e. The van der Waals surface area contributed by atoms with E-state index in [2.05, 4.69) is 10.6 Å². The molecular weight excluding hydrogens is 290 g/mol. The molecule has 0 aliphatic heterocycles. The van der Waals surface area contributed by atoms with Crippen LogP contribution in [0.3, 0.4) is 0 Å². The second-order valence-electron chi connectivity index (χ2n) is 4.50. The molecule has 0 aliphatic rings. The van der Waals surface area contributed by atoms with Crippen molar-refractivity contribution in [1.82, 2.24) is 15.2 Å². The van der Waals surface area contributed by atoms with E-state index < -0.39 is 0 Å². The van der Waals surface area contributed by atoms with Crippen molar-refractivity contribution in [1.29, 1.82) is 0 Å². The quantitative estimate of drug-likeness (QED) is 0.828. The Balaban J connectivity index is 1.78. The second-order valence-corrected chi connectivity index (χ2v) is 4.90. The molecule has 2 amide bonds.